The predicted octanol–water partition coefficient (Wildman–Crippen LogP) is 4.15. The molecule has 1 amide bonds. The summed E-state index contributed by atoms with van der Waals surface area (Å²) in [5.74, 6) is -0.979. The van der Waals surface area contributed by atoms with Crippen molar-refractivity contribution in [3.8, 4) is 5.75 Å². The molecule has 0 unspecified atom stereocenters. The normalized spacial score (nSPS) is 21.3. The Hall–Kier alpha value is -2.64. The molecular weight excluding hydrogens is 549 g/mol. The van der Waals surface area contributed by atoms with Gasteiger partial charge in [-0.05, 0) is 55.7 Å². The van der Waals surface area contributed by atoms with E-state index >= 15 is 0 Å². The van der Waals surface area contributed by atoms with Crippen LogP contribution in [0.1, 0.15) is 68.1 Å². The number of nitrogens with one attached hydrogen (secondary N) is 1. The zero-order valence-corrected chi connectivity index (χ0v) is 24.1. The van der Waals surface area contributed by atoms with Gasteiger partial charge < -0.3 is 14.6 Å². The van der Waals surface area contributed by atoms with Crippen LogP contribution in [0.25, 0.3) is 0 Å². The zero-order valence-electron chi connectivity index (χ0n) is 23.3. The molecule has 0 aliphatic carbocycles. The zero-order chi connectivity index (χ0) is 29.3. The fourth-order valence-corrected chi connectivity index (χ4v) is 6.31. The van der Waals surface area contributed by atoms with Gasteiger partial charge in [-0.1, -0.05) is 20.8 Å². The van der Waals surface area contributed by atoms with Gasteiger partial charge in [0.25, 0.3) is 5.91 Å². The van der Waals surface area contributed by atoms with Gasteiger partial charge in [0.05, 0.1) is 36.1 Å². The van der Waals surface area contributed by atoms with E-state index in [1.54, 1.807) is 10.7 Å². The van der Waals surface area contributed by atoms with Gasteiger partial charge in [-0.3, -0.25) is 9.48 Å². The lowest BCUT2D eigenvalue weighted by Gasteiger charge is -2.23. The van der Waals surface area contributed by atoms with E-state index in [0.717, 1.165) is 43.0 Å². The summed E-state index contributed by atoms with van der Waals surface area (Å²) in [4.78, 5) is 17.7. The molecule has 2 atom stereocenters. The topological polar surface area (TPSA) is 106 Å². The Morgan fingerprint density at radius 2 is 1.93 bits per heavy atom. The fourth-order valence-electron chi connectivity index (χ4n) is 5.14. The van der Waals surface area contributed by atoms with E-state index in [-0.39, 0.29) is 34.9 Å². The third kappa shape index (κ3) is 7.76. The summed E-state index contributed by atoms with van der Waals surface area (Å²) in [6, 6.07) is 3.92. The second-order valence-corrected chi connectivity index (χ2v) is 13.7. The summed E-state index contributed by atoms with van der Waals surface area (Å²) in [5, 5.41) is 3.27. The molecular formula is C27H37F3N4O5S. The molecule has 4 rings (SSSR count). The maximum Gasteiger partial charge on any atom is 0.416 e. The van der Waals surface area contributed by atoms with Crippen molar-refractivity contribution in [1.82, 2.24) is 14.1 Å². The first-order valence-electron chi connectivity index (χ1n) is 13.4. The van der Waals surface area contributed by atoms with Crippen LogP contribution in [-0.2, 0) is 33.9 Å². The summed E-state index contributed by atoms with van der Waals surface area (Å²) in [6.07, 6.45) is -0.00646. The summed E-state index contributed by atoms with van der Waals surface area (Å²) >= 11 is 0. The highest BCUT2D eigenvalue weighted by molar-refractivity contribution is 7.88. The third-order valence-electron chi connectivity index (χ3n) is 6.92. The Balaban J connectivity index is 1.68. The van der Waals surface area contributed by atoms with Gasteiger partial charge in [0.2, 0.25) is 10.0 Å². The first-order valence-corrected chi connectivity index (χ1v) is 15.3. The van der Waals surface area contributed by atoms with Crippen LogP contribution < -0.4 is 10.2 Å². The van der Waals surface area contributed by atoms with Crippen molar-refractivity contribution in [1.29, 1.82) is 0 Å². The van der Waals surface area contributed by atoms with Crippen LogP contribution in [-0.4, -0.2) is 66.6 Å². The number of nitrogens with zero attached hydrogens (tertiary/aromatic N) is 3. The van der Waals surface area contributed by atoms with Crippen LogP contribution in [0.2, 0.25) is 0 Å². The van der Waals surface area contributed by atoms with E-state index in [4.69, 9.17) is 9.47 Å². The van der Waals surface area contributed by atoms with Crippen LogP contribution >= 0.6 is 0 Å². The summed E-state index contributed by atoms with van der Waals surface area (Å²) in [5.41, 5.74) is -0.301. The van der Waals surface area contributed by atoms with Crippen LogP contribution in [0.3, 0.4) is 0 Å². The molecule has 9 nitrogen and oxygen atoms in total. The molecule has 0 radical (unpaired) electrons. The van der Waals surface area contributed by atoms with E-state index < -0.39 is 33.7 Å². The molecule has 2 saturated heterocycles. The van der Waals surface area contributed by atoms with E-state index in [2.05, 4.69) is 30.9 Å². The molecule has 222 valence electrons. The Morgan fingerprint density at radius 3 is 2.55 bits per heavy atom. The average molecular weight is 587 g/mol. The number of sulfonamides is 1. The number of ether oxygens (including phenoxy) is 2. The minimum absolute atomic E-state index is 0.0596. The largest absolute Gasteiger partial charge is 0.491 e. The van der Waals surface area contributed by atoms with Crippen molar-refractivity contribution >= 4 is 15.9 Å². The van der Waals surface area contributed by atoms with Crippen molar-refractivity contribution in [3.05, 3.63) is 46.6 Å². The van der Waals surface area contributed by atoms with E-state index in [0.29, 0.717) is 39.0 Å². The van der Waals surface area contributed by atoms with Crippen molar-refractivity contribution < 1.29 is 35.9 Å². The van der Waals surface area contributed by atoms with Crippen molar-refractivity contribution in [2.45, 2.75) is 77.7 Å². The quantitative estimate of drug-likeness (QED) is 0.501. The minimum atomic E-state index is -4.68. The van der Waals surface area contributed by atoms with Crippen LogP contribution in [0.15, 0.2) is 29.3 Å². The molecule has 0 bridgehead atoms. The van der Waals surface area contributed by atoms with Gasteiger partial charge in [0.15, 0.2) is 5.49 Å². The van der Waals surface area contributed by atoms with Crippen LogP contribution in [0.5, 0.6) is 5.75 Å². The van der Waals surface area contributed by atoms with Gasteiger partial charge in [-0.25, -0.2) is 8.42 Å². The second-order valence-electron chi connectivity index (χ2n) is 11.7. The maximum absolute atomic E-state index is 13.6. The summed E-state index contributed by atoms with van der Waals surface area (Å²) in [7, 11) is -3.47. The summed E-state index contributed by atoms with van der Waals surface area (Å²) in [6.45, 7) is 7.53. The molecule has 0 spiro atoms. The molecule has 2 fully saturated rings. The Labute approximate surface area is 232 Å². The molecule has 2 aliphatic rings. The van der Waals surface area contributed by atoms with E-state index in [1.165, 1.54) is 4.31 Å². The van der Waals surface area contributed by atoms with E-state index in [9.17, 15) is 26.4 Å². The predicted molar refractivity (Wildman–Crippen MR) is 142 cm³/mol. The van der Waals surface area contributed by atoms with Gasteiger partial charge in [0, 0.05) is 24.9 Å². The van der Waals surface area contributed by atoms with Gasteiger partial charge in [0.1, 0.15) is 12.4 Å². The first kappa shape index (κ1) is 30.3. The average Bonchev–Trinajstić information content (AvgIpc) is 3.58. The second kappa shape index (κ2) is 11.7. The number of halogens is 3. The molecule has 1 aromatic heterocycles. The highest BCUT2D eigenvalue weighted by Crippen LogP contribution is 2.33. The van der Waals surface area contributed by atoms with Crippen molar-refractivity contribution in [3.63, 3.8) is 0 Å². The number of carbonyl (C=O) groups excluding carboxylic acids is 1. The summed E-state index contributed by atoms with van der Waals surface area (Å²) < 4.78 is 79.5. The Kier molecular flexibility index (Phi) is 8.86. The Morgan fingerprint density at radius 1 is 1.18 bits per heavy atom. The minimum Gasteiger partial charge on any atom is -0.491 e. The standard InChI is InChI=1S/C27H37F3N4O5S/c1-26(2,3)15-19-14-24(33(32-19)16-21-8-6-12-38-21)31-25(35)22-13-18(27(28,29)30)9-10-23(22)39-17-20-7-5-11-34(20)40(4,36)37/h9-10,13-14,20-21,32H,5-8,11-12,15-17H2,1-4H3/t20-,21+/m0/s1. The number of rotatable bonds is 8. The highest BCUT2D eigenvalue weighted by Gasteiger charge is 2.34. The SMILES string of the molecule is CC(C)(C)Cc1cc(=NC(=O)c2cc(C(F)(F)F)ccc2OC[C@@H]2CCCN2S(C)(=O)=O)n(C[C@H]2CCCO2)[nH]1. The number of aromatic nitrogens is 2. The first-order chi connectivity index (χ1) is 18.6. The molecule has 1 N–H and O–H groups in total. The smallest absolute Gasteiger partial charge is 0.416 e. The molecule has 40 heavy (non-hydrogen) atoms. The van der Waals surface area contributed by atoms with Crippen molar-refractivity contribution in [2.24, 2.45) is 10.4 Å². The van der Waals surface area contributed by atoms with Gasteiger partial charge >= 0.3 is 6.18 Å². The van der Waals surface area contributed by atoms with Gasteiger partial charge in [-0.2, -0.15) is 22.5 Å². The number of carbonyl (C=O) groups is 1. The lowest BCUT2D eigenvalue weighted by atomic mass is 9.91. The highest BCUT2D eigenvalue weighted by atomic mass is 32.2. The lowest BCUT2D eigenvalue weighted by Crippen LogP contribution is -2.38. The van der Waals surface area contributed by atoms with Crippen LogP contribution in [0.4, 0.5) is 13.2 Å². The molecule has 2 aliphatic heterocycles. The van der Waals surface area contributed by atoms with Crippen LogP contribution in [0, 0.1) is 5.41 Å². The number of alkyl halides is 3. The van der Waals surface area contributed by atoms with Crippen molar-refractivity contribution in [2.75, 3.05) is 26.0 Å². The molecule has 1 aromatic carbocycles. The number of hydrogen-bond donors (Lipinski definition) is 1. The molecule has 2 aromatic rings. The monoisotopic (exact) mass is 586 g/mol. The number of H-pyrrole nitrogens is 1. The molecule has 3 heterocycles. The van der Waals surface area contributed by atoms with E-state index in [1.807, 2.05) is 0 Å². The molecule has 13 heteroatoms. The third-order valence-corrected chi connectivity index (χ3v) is 8.26. The maximum atomic E-state index is 13.6. The molecule has 0 saturated carbocycles. The fraction of sp³-hybridized carbons (Fsp3) is 0.630. The number of amides is 1. The van der Waals surface area contributed by atoms with Gasteiger partial charge in [-0.15, -0.1) is 0 Å². The lowest BCUT2D eigenvalue weighted by molar-refractivity contribution is -0.137. The number of hydrogen-bond acceptors (Lipinski definition) is 5. The number of benzene rings is 1. The number of aromatic amines is 1. The Bertz CT molecular complexity index is 1390.